The highest BCUT2D eigenvalue weighted by molar-refractivity contribution is 5.73. The topological polar surface area (TPSA) is 66.2 Å². The van der Waals surface area contributed by atoms with E-state index in [1.165, 1.54) is 5.57 Å². The largest absolute Gasteiger partial charge is 0.507 e. The highest BCUT2D eigenvalue weighted by atomic mass is 16.3. The van der Waals surface area contributed by atoms with Gasteiger partial charge in [-0.1, -0.05) is 31.4 Å². The third-order valence-electron chi connectivity index (χ3n) is 5.18. The second kappa shape index (κ2) is 8.35. The van der Waals surface area contributed by atoms with Crippen LogP contribution in [0.5, 0.6) is 11.5 Å². The van der Waals surface area contributed by atoms with Crippen molar-refractivity contribution in [3.05, 3.63) is 47.3 Å². The van der Waals surface area contributed by atoms with Crippen molar-refractivity contribution in [2.45, 2.75) is 64.7 Å². The van der Waals surface area contributed by atoms with Crippen LogP contribution in [0, 0.1) is 0 Å². The standard InChI is InChI=1S/C22H28N2O2/c1-3-4-5-9-17-14-18(25)19(16-10-6-8-15(2)13-16)21(26)20(17)22-23-11-7-12-24-22/h7,11-14,16,25-26H,3-6,8-10H2,1-2H3. The van der Waals surface area contributed by atoms with Crippen molar-refractivity contribution in [3.63, 3.8) is 0 Å². The number of rotatable bonds is 6. The maximum absolute atomic E-state index is 11.1. The van der Waals surface area contributed by atoms with Gasteiger partial charge in [0.15, 0.2) is 5.82 Å². The van der Waals surface area contributed by atoms with Gasteiger partial charge in [0.05, 0.1) is 5.56 Å². The molecular weight excluding hydrogens is 324 g/mol. The van der Waals surface area contributed by atoms with Gasteiger partial charge >= 0.3 is 0 Å². The zero-order valence-electron chi connectivity index (χ0n) is 15.7. The van der Waals surface area contributed by atoms with Crippen molar-refractivity contribution in [1.82, 2.24) is 9.97 Å². The molecule has 0 aliphatic heterocycles. The summed E-state index contributed by atoms with van der Waals surface area (Å²) in [6.45, 7) is 4.28. The minimum atomic E-state index is 0.0379. The van der Waals surface area contributed by atoms with E-state index in [9.17, 15) is 10.2 Å². The molecule has 0 saturated carbocycles. The van der Waals surface area contributed by atoms with E-state index in [0.29, 0.717) is 17.0 Å². The van der Waals surface area contributed by atoms with E-state index in [-0.39, 0.29) is 17.4 Å². The quantitative estimate of drug-likeness (QED) is 0.532. The number of hydrogen-bond acceptors (Lipinski definition) is 4. The highest BCUT2D eigenvalue weighted by Crippen LogP contribution is 2.46. The third-order valence-corrected chi connectivity index (χ3v) is 5.18. The SMILES string of the molecule is CCCCCc1cc(O)c(C2C=C(C)CCC2)c(O)c1-c1ncccn1. The van der Waals surface area contributed by atoms with Gasteiger partial charge in [0.1, 0.15) is 11.5 Å². The Hall–Kier alpha value is -2.36. The van der Waals surface area contributed by atoms with E-state index in [2.05, 4.69) is 29.9 Å². The maximum Gasteiger partial charge on any atom is 0.163 e. The lowest BCUT2D eigenvalue weighted by molar-refractivity contribution is 0.428. The molecule has 1 heterocycles. The van der Waals surface area contributed by atoms with Gasteiger partial charge in [0.25, 0.3) is 0 Å². The van der Waals surface area contributed by atoms with Crippen LogP contribution in [0.15, 0.2) is 36.2 Å². The fourth-order valence-corrected chi connectivity index (χ4v) is 3.87. The molecule has 26 heavy (non-hydrogen) atoms. The molecule has 0 radical (unpaired) electrons. The average Bonchev–Trinajstić information content (AvgIpc) is 2.62. The summed E-state index contributed by atoms with van der Waals surface area (Å²) >= 11 is 0. The molecule has 1 aromatic carbocycles. The van der Waals surface area contributed by atoms with Crippen LogP contribution in [0.3, 0.4) is 0 Å². The molecule has 1 aromatic heterocycles. The zero-order valence-corrected chi connectivity index (χ0v) is 15.7. The second-order valence-corrected chi connectivity index (χ2v) is 7.23. The first-order valence-corrected chi connectivity index (χ1v) is 9.64. The second-order valence-electron chi connectivity index (χ2n) is 7.23. The summed E-state index contributed by atoms with van der Waals surface area (Å²) in [5.41, 5.74) is 3.52. The lowest BCUT2D eigenvalue weighted by Gasteiger charge is -2.24. The van der Waals surface area contributed by atoms with Gasteiger partial charge in [0.2, 0.25) is 0 Å². The molecule has 4 nitrogen and oxygen atoms in total. The van der Waals surface area contributed by atoms with Gasteiger partial charge in [-0.25, -0.2) is 9.97 Å². The van der Waals surface area contributed by atoms with Crippen molar-refractivity contribution in [2.75, 3.05) is 0 Å². The number of benzene rings is 1. The highest BCUT2D eigenvalue weighted by Gasteiger charge is 2.26. The fourth-order valence-electron chi connectivity index (χ4n) is 3.87. The number of aromatic nitrogens is 2. The van der Waals surface area contributed by atoms with Crippen LogP contribution in [0.25, 0.3) is 11.4 Å². The van der Waals surface area contributed by atoms with Crippen LogP contribution in [-0.2, 0) is 6.42 Å². The van der Waals surface area contributed by atoms with Crippen LogP contribution in [0.2, 0.25) is 0 Å². The number of allylic oxidation sites excluding steroid dienone is 2. The normalized spacial score (nSPS) is 17.2. The van der Waals surface area contributed by atoms with Crippen LogP contribution < -0.4 is 0 Å². The molecule has 0 fully saturated rings. The molecule has 0 spiro atoms. The molecule has 138 valence electrons. The number of phenolic OH excluding ortho intramolecular Hbond substituents is 2. The Balaban J connectivity index is 2.11. The smallest absolute Gasteiger partial charge is 0.163 e. The number of hydrogen-bond donors (Lipinski definition) is 2. The average molecular weight is 352 g/mol. The molecule has 1 atom stereocenters. The summed E-state index contributed by atoms with van der Waals surface area (Å²) in [5.74, 6) is 0.883. The number of aromatic hydroxyl groups is 2. The summed E-state index contributed by atoms with van der Waals surface area (Å²) < 4.78 is 0. The summed E-state index contributed by atoms with van der Waals surface area (Å²) in [5, 5.41) is 21.8. The molecule has 0 bridgehead atoms. The van der Waals surface area contributed by atoms with Gasteiger partial charge in [-0.2, -0.15) is 0 Å². The number of phenols is 2. The zero-order chi connectivity index (χ0) is 18.5. The summed E-state index contributed by atoms with van der Waals surface area (Å²) in [4.78, 5) is 8.72. The molecule has 0 amide bonds. The number of nitrogens with zero attached hydrogens (tertiary/aromatic N) is 2. The summed E-state index contributed by atoms with van der Waals surface area (Å²) in [7, 11) is 0. The van der Waals surface area contributed by atoms with Gasteiger partial charge in [-0.05, 0) is 56.7 Å². The first-order valence-electron chi connectivity index (χ1n) is 9.64. The van der Waals surface area contributed by atoms with Gasteiger partial charge in [-0.15, -0.1) is 0 Å². The predicted molar refractivity (Wildman–Crippen MR) is 104 cm³/mol. The monoisotopic (exact) mass is 352 g/mol. The number of unbranched alkanes of at least 4 members (excludes halogenated alkanes) is 2. The molecule has 1 aliphatic carbocycles. The molecule has 4 heteroatoms. The van der Waals surface area contributed by atoms with Crippen LogP contribution in [0.4, 0.5) is 0 Å². The summed E-state index contributed by atoms with van der Waals surface area (Å²) in [6.07, 6.45) is 12.7. The molecule has 1 unspecified atom stereocenters. The summed E-state index contributed by atoms with van der Waals surface area (Å²) in [6, 6.07) is 3.58. The van der Waals surface area contributed by atoms with Crippen LogP contribution in [-0.4, -0.2) is 20.2 Å². The van der Waals surface area contributed by atoms with E-state index >= 15 is 0 Å². The molecule has 3 rings (SSSR count). The molecule has 2 N–H and O–H groups in total. The fraction of sp³-hybridized carbons (Fsp3) is 0.455. The third kappa shape index (κ3) is 3.90. The van der Waals surface area contributed by atoms with Crippen molar-refractivity contribution in [1.29, 1.82) is 0 Å². The lowest BCUT2D eigenvalue weighted by atomic mass is 9.83. The Labute approximate surface area is 155 Å². The van der Waals surface area contributed by atoms with Crippen molar-refractivity contribution in [3.8, 4) is 22.9 Å². The van der Waals surface area contributed by atoms with E-state index in [1.807, 2.05) is 6.07 Å². The van der Waals surface area contributed by atoms with Crippen LogP contribution in [0.1, 0.15) is 69.4 Å². The van der Waals surface area contributed by atoms with Crippen molar-refractivity contribution >= 4 is 0 Å². The Morgan fingerprint density at radius 1 is 1.15 bits per heavy atom. The minimum Gasteiger partial charge on any atom is -0.507 e. The van der Waals surface area contributed by atoms with Crippen LogP contribution >= 0.6 is 0 Å². The lowest BCUT2D eigenvalue weighted by Crippen LogP contribution is -2.05. The Morgan fingerprint density at radius 3 is 2.62 bits per heavy atom. The van der Waals surface area contributed by atoms with Gasteiger partial charge in [-0.3, -0.25) is 0 Å². The predicted octanol–water partition coefficient (Wildman–Crippen LogP) is 5.50. The van der Waals surface area contributed by atoms with Gasteiger partial charge < -0.3 is 10.2 Å². The Morgan fingerprint density at radius 2 is 1.92 bits per heavy atom. The van der Waals surface area contributed by atoms with E-state index < -0.39 is 0 Å². The van der Waals surface area contributed by atoms with Gasteiger partial charge in [0, 0.05) is 23.9 Å². The first-order chi connectivity index (χ1) is 12.6. The molecular formula is C22H28N2O2. The molecule has 1 aliphatic rings. The Kier molecular flexibility index (Phi) is 5.92. The van der Waals surface area contributed by atoms with Crippen molar-refractivity contribution in [2.24, 2.45) is 0 Å². The van der Waals surface area contributed by atoms with E-state index in [0.717, 1.165) is 50.5 Å². The maximum atomic E-state index is 11.1. The molecule has 0 saturated heterocycles. The minimum absolute atomic E-state index is 0.0379. The first kappa shape index (κ1) is 18.4. The number of aryl methyl sites for hydroxylation is 1. The van der Waals surface area contributed by atoms with E-state index in [4.69, 9.17) is 0 Å². The Bertz CT molecular complexity index is 784. The van der Waals surface area contributed by atoms with Crippen molar-refractivity contribution < 1.29 is 10.2 Å². The van der Waals surface area contributed by atoms with E-state index in [1.54, 1.807) is 18.5 Å². The molecule has 2 aromatic rings.